The van der Waals surface area contributed by atoms with Crippen LogP contribution in [0.3, 0.4) is 0 Å². The minimum atomic E-state index is -0.650. The fourth-order valence-corrected chi connectivity index (χ4v) is 3.55. The Labute approximate surface area is 124 Å². The highest BCUT2D eigenvalue weighted by atomic mass is 16.3. The average molecular weight is 293 g/mol. The Morgan fingerprint density at radius 3 is 2.52 bits per heavy atom. The molecule has 1 aromatic heterocycles. The number of hydrogen-bond donors (Lipinski definition) is 3. The van der Waals surface area contributed by atoms with E-state index in [2.05, 4.69) is 10.2 Å². The Hall–Kier alpha value is -1.40. The topological polar surface area (TPSA) is 89.5 Å². The van der Waals surface area contributed by atoms with Crippen LogP contribution in [-0.2, 0) is 0 Å². The summed E-state index contributed by atoms with van der Waals surface area (Å²) in [5.41, 5.74) is 1.53. The van der Waals surface area contributed by atoms with E-state index in [4.69, 9.17) is 0 Å². The largest absolute Gasteiger partial charge is 0.391 e. The second-order valence-corrected chi connectivity index (χ2v) is 6.29. The highest BCUT2D eigenvalue weighted by Crippen LogP contribution is 2.33. The highest BCUT2D eigenvalue weighted by molar-refractivity contribution is 5.95. The van der Waals surface area contributed by atoms with E-state index >= 15 is 0 Å². The highest BCUT2D eigenvalue weighted by Gasteiger charge is 2.31. The van der Waals surface area contributed by atoms with Gasteiger partial charge < -0.3 is 15.1 Å². The first-order valence-corrected chi connectivity index (χ1v) is 7.84. The standard InChI is InChI=1S/C15H23N3O3/c19-11-6-12(20)9-18(8-11)15(21)13-7-16-17-14(13)10-4-2-1-3-5-10/h7,10-12,19-20H,1-6,8-9H2,(H,16,17)/t11-,12-/m1/s1. The molecule has 0 bridgehead atoms. The van der Waals surface area contributed by atoms with Gasteiger partial charge in [0.25, 0.3) is 5.91 Å². The van der Waals surface area contributed by atoms with Crippen LogP contribution in [0, 0.1) is 0 Å². The molecular formula is C15H23N3O3. The molecule has 0 spiro atoms. The van der Waals surface area contributed by atoms with Crippen molar-refractivity contribution in [3.63, 3.8) is 0 Å². The third-order valence-corrected chi connectivity index (χ3v) is 4.61. The zero-order chi connectivity index (χ0) is 14.8. The number of nitrogens with one attached hydrogen (secondary N) is 1. The van der Waals surface area contributed by atoms with Gasteiger partial charge in [0.05, 0.1) is 29.7 Å². The Kier molecular flexibility index (Phi) is 4.26. The van der Waals surface area contributed by atoms with E-state index in [9.17, 15) is 15.0 Å². The third-order valence-electron chi connectivity index (χ3n) is 4.61. The summed E-state index contributed by atoms with van der Waals surface area (Å²) in [6, 6.07) is 0. The number of aromatic nitrogens is 2. The van der Waals surface area contributed by atoms with Crippen molar-refractivity contribution in [1.29, 1.82) is 0 Å². The first-order chi connectivity index (χ1) is 10.1. The van der Waals surface area contributed by atoms with Gasteiger partial charge in [0.15, 0.2) is 0 Å². The summed E-state index contributed by atoms with van der Waals surface area (Å²) in [6.45, 7) is 0.566. The molecule has 0 radical (unpaired) electrons. The van der Waals surface area contributed by atoms with Crippen LogP contribution in [0.4, 0.5) is 0 Å². The number of piperidine rings is 1. The summed E-state index contributed by atoms with van der Waals surface area (Å²) >= 11 is 0. The summed E-state index contributed by atoms with van der Waals surface area (Å²) in [5.74, 6) is 0.238. The third kappa shape index (κ3) is 3.11. The number of aliphatic hydroxyl groups excluding tert-OH is 2. The van der Waals surface area contributed by atoms with Crippen molar-refractivity contribution in [3.05, 3.63) is 17.5 Å². The van der Waals surface area contributed by atoms with E-state index in [0.29, 0.717) is 17.9 Å². The number of carbonyl (C=O) groups is 1. The molecule has 0 aromatic carbocycles. The smallest absolute Gasteiger partial charge is 0.257 e. The van der Waals surface area contributed by atoms with Crippen molar-refractivity contribution in [3.8, 4) is 0 Å². The van der Waals surface area contributed by atoms with E-state index in [1.165, 1.54) is 24.2 Å². The number of amides is 1. The number of rotatable bonds is 2. The molecule has 21 heavy (non-hydrogen) atoms. The van der Waals surface area contributed by atoms with Gasteiger partial charge in [-0.25, -0.2) is 0 Å². The van der Waals surface area contributed by atoms with E-state index in [-0.39, 0.29) is 19.0 Å². The minimum absolute atomic E-state index is 0.137. The molecule has 3 N–H and O–H groups in total. The molecule has 116 valence electrons. The number of H-pyrrole nitrogens is 1. The van der Waals surface area contributed by atoms with Crippen LogP contribution < -0.4 is 0 Å². The second-order valence-electron chi connectivity index (χ2n) is 6.29. The van der Waals surface area contributed by atoms with Crippen molar-refractivity contribution >= 4 is 5.91 Å². The number of aliphatic hydroxyl groups is 2. The lowest BCUT2D eigenvalue weighted by atomic mass is 9.85. The summed E-state index contributed by atoms with van der Waals surface area (Å²) < 4.78 is 0. The quantitative estimate of drug-likeness (QED) is 0.759. The van der Waals surface area contributed by atoms with E-state index < -0.39 is 12.2 Å². The Morgan fingerprint density at radius 1 is 1.19 bits per heavy atom. The lowest BCUT2D eigenvalue weighted by molar-refractivity contribution is -0.00392. The lowest BCUT2D eigenvalue weighted by Gasteiger charge is -2.33. The molecule has 1 saturated carbocycles. The van der Waals surface area contributed by atoms with Gasteiger partial charge in [-0.15, -0.1) is 0 Å². The number of nitrogens with zero attached hydrogens (tertiary/aromatic N) is 2. The van der Waals surface area contributed by atoms with Gasteiger partial charge in [-0.05, 0) is 12.8 Å². The second kappa shape index (κ2) is 6.15. The Morgan fingerprint density at radius 2 is 1.86 bits per heavy atom. The molecule has 2 fully saturated rings. The van der Waals surface area contributed by atoms with E-state index in [0.717, 1.165) is 18.5 Å². The van der Waals surface area contributed by atoms with Gasteiger partial charge >= 0.3 is 0 Å². The van der Waals surface area contributed by atoms with E-state index in [1.807, 2.05) is 0 Å². The predicted octanol–water partition coefficient (Wildman–Crippen LogP) is 1.03. The maximum Gasteiger partial charge on any atom is 0.257 e. The Bertz CT molecular complexity index is 486. The molecular weight excluding hydrogens is 270 g/mol. The monoisotopic (exact) mass is 293 g/mol. The first kappa shape index (κ1) is 14.5. The molecule has 1 amide bonds. The number of carbonyl (C=O) groups excluding carboxylic acids is 1. The summed E-state index contributed by atoms with van der Waals surface area (Å²) in [6.07, 6.45) is 6.45. The molecule has 1 aliphatic carbocycles. The molecule has 2 heterocycles. The van der Waals surface area contributed by atoms with Crippen LogP contribution >= 0.6 is 0 Å². The average Bonchev–Trinajstić information content (AvgIpc) is 2.95. The molecule has 1 saturated heterocycles. The fraction of sp³-hybridized carbons (Fsp3) is 0.733. The van der Waals surface area contributed by atoms with Crippen molar-refractivity contribution in [2.24, 2.45) is 0 Å². The molecule has 0 unspecified atom stereocenters. The Balaban J connectivity index is 1.77. The summed E-state index contributed by atoms with van der Waals surface area (Å²) in [7, 11) is 0. The van der Waals surface area contributed by atoms with Gasteiger partial charge in [-0.3, -0.25) is 9.89 Å². The SMILES string of the molecule is O=C(c1cn[nH]c1C1CCCCC1)N1C[C@H](O)C[C@@H](O)C1. The molecule has 2 atom stereocenters. The van der Waals surface area contributed by atoms with Gasteiger partial charge in [0.2, 0.25) is 0 Å². The zero-order valence-electron chi connectivity index (χ0n) is 12.2. The number of likely N-dealkylation sites (tertiary alicyclic amines) is 1. The van der Waals surface area contributed by atoms with Gasteiger partial charge in [0.1, 0.15) is 0 Å². The fourth-order valence-electron chi connectivity index (χ4n) is 3.55. The summed E-state index contributed by atoms with van der Waals surface area (Å²) in [4.78, 5) is 14.2. The zero-order valence-corrected chi connectivity index (χ0v) is 12.2. The maximum absolute atomic E-state index is 12.7. The predicted molar refractivity (Wildman–Crippen MR) is 76.9 cm³/mol. The molecule has 6 heteroatoms. The van der Waals surface area contributed by atoms with Gasteiger partial charge in [0, 0.05) is 25.4 Å². The number of β-amino-alcohol motifs (C(OH)–C–C–N with tert-alkyl or cyclic N) is 2. The molecule has 3 rings (SSSR count). The normalized spacial score (nSPS) is 27.8. The van der Waals surface area contributed by atoms with Crippen molar-refractivity contribution in [1.82, 2.24) is 15.1 Å². The minimum Gasteiger partial charge on any atom is -0.391 e. The lowest BCUT2D eigenvalue weighted by Crippen LogP contribution is -2.48. The molecule has 1 aliphatic heterocycles. The maximum atomic E-state index is 12.7. The van der Waals surface area contributed by atoms with Crippen molar-refractivity contribution < 1.29 is 15.0 Å². The van der Waals surface area contributed by atoms with Crippen LogP contribution in [0.5, 0.6) is 0 Å². The van der Waals surface area contributed by atoms with Crippen LogP contribution in [0.25, 0.3) is 0 Å². The summed E-state index contributed by atoms with van der Waals surface area (Å²) in [5, 5.41) is 26.5. The molecule has 6 nitrogen and oxygen atoms in total. The van der Waals surface area contributed by atoms with Crippen LogP contribution in [0.15, 0.2) is 6.20 Å². The van der Waals surface area contributed by atoms with Crippen LogP contribution in [0.1, 0.15) is 60.5 Å². The van der Waals surface area contributed by atoms with Crippen LogP contribution in [-0.4, -0.2) is 56.5 Å². The van der Waals surface area contributed by atoms with E-state index in [1.54, 1.807) is 6.20 Å². The molecule has 1 aromatic rings. The molecule has 2 aliphatic rings. The van der Waals surface area contributed by atoms with Gasteiger partial charge in [-0.2, -0.15) is 5.10 Å². The van der Waals surface area contributed by atoms with Gasteiger partial charge in [-0.1, -0.05) is 19.3 Å². The number of hydrogen-bond acceptors (Lipinski definition) is 4. The van der Waals surface area contributed by atoms with Crippen LogP contribution in [0.2, 0.25) is 0 Å². The first-order valence-electron chi connectivity index (χ1n) is 7.84. The van der Waals surface area contributed by atoms with Crippen molar-refractivity contribution in [2.45, 2.75) is 56.7 Å². The van der Waals surface area contributed by atoms with Crippen molar-refractivity contribution in [2.75, 3.05) is 13.1 Å². The number of aromatic amines is 1.